The van der Waals surface area contributed by atoms with Crippen LogP contribution in [0.5, 0.6) is 0 Å². The molecule has 33 heavy (non-hydrogen) atoms. The number of hydrogen-bond acceptors (Lipinski definition) is 6. The molecule has 168 valence electrons. The lowest BCUT2D eigenvalue weighted by Gasteiger charge is -2.09. The molecular formula is C24H20N2O7. The zero-order chi connectivity index (χ0) is 23.5. The van der Waals surface area contributed by atoms with Gasteiger partial charge in [-0.3, -0.25) is 14.4 Å². The molecule has 0 aliphatic rings. The van der Waals surface area contributed by atoms with Gasteiger partial charge in [-0.15, -0.1) is 0 Å². The summed E-state index contributed by atoms with van der Waals surface area (Å²) in [6.45, 7) is 0.783. The van der Waals surface area contributed by atoms with Gasteiger partial charge in [-0.05, 0) is 24.1 Å². The fraction of sp³-hybridized carbons (Fsp3) is 0.167. The molecule has 9 nitrogen and oxygen atoms in total. The zero-order valence-corrected chi connectivity index (χ0v) is 17.6. The highest BCUT2D eigenvalue weighted by Crippen LogP contribution is 2.34. The van der Waals surface area contributed by atoms with Gasteiger partial charge in [-0.25, -0.2) is 4.79 Å². The second kappa shape index (κ2) is 8.99. The third-order valence-electron chi connectivity index (χ3n) is 5.29. The van der Waals surface area contributed by atoms with E-state index in [1.807, 2.05) is 36.4 Å². The topological polar surface area (TPSA) is 139 Å². The predicted octanol–water partition coefficient (Wildman–Crippen LogP) is 2.37. The predicted molar refractivity (Wildman–Crippen MR) is 120 cm³/mol. The monoisotopic (exact) mass is 448 g/mol. The molecule has 9 heteroatoms. The van der Waals surface area contributed by atoms with Crippen LogP contribution in [0.2, 0.25) is 0 Å². The Balaban J connectivity index is 1.62. The van der Waals surface area contributed by atoms with E-state index >= 15 is 0 Å². The van der Waals surface area contributed by atoms with E-state index in [0.717, 1.165) is 16.5 Å². The van der Waals surface area contributed by atoms with Crippen molar-refractivity contribution in [2.24, 2.45) is 0 Å². The highest BCUT2D eigenvalue weighted by atomic mass is 16.4. The average molecular weight is 448 g/mol. The Hall–Kier alpha value is -4.40. The van der Waals surface area contributed by atoms with Gasteiger partial charge in [0.05, 0.1) is 24.8 Å². The molecule has 0 saturated heterocycles. The summed E-state index contributed by atoms with van der Waals surface area (Å²) in [5.41, 5.74) is 2.90. The van der Waals surface area contributed by atoms with Crippen molar-refractivity contribution in [3.8, 4) is 11.1 Å². The van der Waals surface area contributed by atoms with E-state index in [2.05, 4.69) is 10.6 Å². The van der Waals surface area contributed by atoms with Crippen molar-refractivity contribution in [1.29, 1.82) is 0 Å². The molecule has 0 atom stereocenters. The van der Waals surface area contributed by atoms with Gasteiger partial charge in [-0.2, -0.15) is 0 Å². The van der Waals surface area contributed by atoms with Gasteiger partial charge in [0.25, 0.3) is 0 Å². The van der Waals surface area contributed by atoms with Crippen molar-refractivity contribution in [2.45, 2.75) is 13.3 Å². The third-order valence-corrected chi connectivity index (χ3v) is 5.29. The molecule has 0 aliphatic carbocycles. The van der Waals surface area contributed by atoms with Crippen LogP contribution in [-0.2, 0) is 20.8 Å². The molecule has 3 N–H and O–H groups in total. The largest absolute Gasteiger partial charge is 0.480 e. The van der Waals surface area contributed by atoms with Gasteiger partial charge in [0.2, 0.25) is 11.8 Å². The Labute approximate surface area is 187 Å². The van der Waals surface area contributed by atoms with Crippen LogP contribution in [0.15, 0.2) is 62.4 Å². The van der Waals surface area contributed by atoms with Crippen LogP contribution < -0.4 is 16.3 Å². The van der Waals surface area contributed by atoms with E-state index < -0.39 is 36.5 Å². The van der Waals surface area contributed by atoms with E-state index in [-0.39, 0.29) is 12.0 Å². The maximum absolute atomic E-state index is 12.5. The van der Waals surface area contributed by atoms with Crippen LogP contribution in [0.3, 0.4) is 0 Å². The third kappa shape index (κ3) is 4.62. The maximum Gasteiger partial charge on any atom is 0.340 e. The van der Waals surface area contributed by atoms with Gasteiger partial charge in [0.15, 0.2) is 0 Å². The van der Waals surface area contributed by atoms with Gasteiger partial charge >= 0.3 is 11.6 Å². The molecule has 0 fully saturated rings. The van der Waals surface area contributed by atoms with Crippen molar-refractivity contribution in [3.05, 3.63) is 70.3 Å². The standard InChI is InChI=1S/C24H20N2O7/c1-13-15-7-17-18(14-5-3-2-4-6-14)12-32-19(17)9-20(15)33-24(31)16(13)8-21(27)25-10-22(28)26-11-23(29)30/h2-7,9,12H,8,10-11H2,1H3,(H,25,27)(H,26,28)(H,29,30). The van der Waals surface area contributed by atoms with Crippen LogP contribution in [-0.4, -0.2) is 36.0 Å². The molecule has 0 bridgehead atoms. The molecule has 2 heterocycles. The summed E-state index contributed by atoms with van der Waals surface area (Å²) >= 11 is 0. The van der Waals surface area contributed by atoms with Crippen molar-refractivity contribution in [1.82, 2.24) is 10.6 Å². The molecule has 0 unspecified atom stereocenters. The lowest BCUT2D eigenvalue weighted by Crippen LogP contribution is -2.39. The van der Waals surface area contributed by atoms with E-state index in [0.29, 0.717) is 22.1 Å². The lowest BCUT2D eigenvalue weighted by molar-refractivity contribution is -0.137. The summed E-state index contributed by atoms with van der Waals surface area (Å²) in [5, 5.41) is 14.6. The number of nitrogens with one attached hydrogen (secondary N) is 2. The van der Waals surface area contributed by atoms with Gasteiger partial charge in [-0.1, -0.05) is 30.3 Å². The Morgan fingerprint density at radius 2 is 1.67 bits per heavy atom. The SMILES string of the molecule is Cc1c(CC(=O)NCC(=O)NCC(=O)O)c(=O)oc2cc3occ(-c4ccccc4)c3cc12. The highest BCUT2D eigenvalue weighted by Gasteiger charge is 2.18. The van der Waals surface area contributed by atoms with Gasteiger partial charge in [0.1, 0.15) is 17.7 Å². The van der Waals surface area contributed by atoms with Crippen molar-refractivity contribution >= 4 is 39.7 Å². The first-order valence-corrected chi connectivity index (χ1v) is 10.1. The summed E-state index contributed by atoms with van der Waals surface area (Å²) in [5.74, 6) is -2.41. The average Bonchev–Trinajstić information content (AvgIpc) is 3.21. The summed E-state index contributed by atoms with van der Waals surface area (Å²) < 4.78 is 11.1. The highest BCUT2D eigenvalue weighted by molar-refractivity contribution is 6.02. The number of carboxylic acids is 1. The Morgan fingerprint density at radius 1 is 0.939 bits per heavy atom. The molecule has 2 amide bonds. The first-order chi connectivity index (χ1) is 15.8. The van der Waals surface area contributed by atoms with Crippen molar-refractivity contribution in [3.63, 3.8) is 0 Å². The van der Waals surface area contributed by atoms with Crippen LogP contribution in [0.25, 0.3) is 33.1 Å². The number of carbonyl (C=O) groups excluding carboxylic acids is 2. The second-order valence-corrected chi connectivity index (χ2v) is 7.48. The normalized spacial score (nSPS) is 10.9. The first-order valence-electron chi connectivity index (χ1n) is 10.1. The second-order valence-electron chi connectivity index (χ2n) is 7.48. The zero-order valence-electron chi connectivity index (χ0n) is 17.6. The van der Waals surface area contributed by atoms with E-state index in [4.69, 9.17) is 13.9 Å². The van der Waals surface area contributed by atoms with Crippen molar-refractivity contribution in [2.75, 3.05) is 13.1 Å². The van der Waals surface area contributed by atoms with Gasteiger partial charge in [0, 0.05) is 22.4 Å². The first kappa shape index (κ1) is 21.8. The Bertz CT molecular complexity index is 1430. The Kier molecular flexibility index (Phi) is 5.95. The molecule has 0 spiro atoms. The maximum atomic E-state index is 12.5. The lowest BCUT2D eigenvalue weighted by atomic mass is 9.99. The molecule has 4 aromatic rings. The quantitative estimate of drug-likeness (QED) is 0.369. The molecule has 0 radical (unpaired) electrons. The number of carbonyl (C=O) groups is 3. The molecule has 4 rings (SSSR count). The number of fused-ring (bicyclic) bond motifs is 2. The van der Waals surface area contributed by atoms with Gasteiger partial charge < -0.3 is 24.6 Å². The number of hydrogen-bond donors (Lipinski definition) is 3. The fourth-order valence-corrected chi connectivity index (χ4v) is 3.59. The fourth-order valence-electron chi connectivity index (χ4n) is 3.59. The molecule has 2 aromatic heterocycles. The van der Waals surface area contributed by atoms with Crippen LogP contribution in [0, 0.1) is 6.92 Å². The summed E-state index contributed by atoms with van der Waals surface area (Å²) in [4.78, 5) is 46.9. The number of benzene rings is 2. The van der Waals surface area contributed by atoms with Crippen LogP contribution >= 0.6 is 0 Å². The Morgan fingerprint density at radius 3 is 2.39 bits per heavy atom. The molecule has 0 saturated carbocycles. The summed E-state index contributed by atoms with van der Waals surface area (Å²) in [7, 11) is 0. The van der Waals surface area contributed by atoms with E-state index in [1.54, 1.807) is 19.3 Å². The minimum absolute atomic E-state index is 0.176. The number of rotatable bonds is 7. The number of aryl methyl sites for hydroxylation is 1. The van der Waals surface area contributed by atoms with E-state index in [9.17, 15) is 19.2 Å². The number of amides is 2. The van der Waals surface area contributed by atoms with Crippen molar-refractivity contribution < 1.29 is 28.3 Å². The minimum Gasteiger partial charge on any atom is -0.480 e. The van der Waals surface area contributed by atoms with Crippen LogP contribution in [0.4, 0.5) is 0 Å². The number of furan rings is 1. The number of carboxylic acid groups (broad SMARTS) is 1. The smallest absolute Gasteiger partial charge is 0.340 e. The summed E-state index contributed by atoms with van der Waals surface area (Å²) in [6.07, 6.45) is 1.36. The molecule has 0 aliphatic heterocycles. The van der Waals surface area contributed by atoms with E-state index in [1.165, 1.54) is 0 Å². The van der Waals surface area contributed by atoms with Crippen LogP contribution in [0.1, 0.15) is 11.1 Å². The molecular weight excluding hydrogens is 428 g/mol. The molecule has 2 aromatic carbocycles. The summed E-state index contributed by atoms with van der Waals surface area (Å²) in [6, 6.07) is 13.2. The minimum atomic E-state index is -1.19. The number of aliphatic carboxylic acids is 1.